The first kappa shape index (κ1) is 50.7. The molecule has 0 radical (unpaired) electrons. The van der Waals surface area contributed by atoms with Crippen molar-refractivity contribution in [1.82, 2.24) is 25.0 Å². The fourth-order valence-electron chi connectivity index (χ4n) is 9.52. The summed E-state index contributed by atoms with van der Waals surface area (Å²) in [6, 6.07) is 51.9. The van der Waals surface area contributed by atoms with Crippen molar-refractivity contribution >= 4 is 0 Å². The molecule has 0 atom stereocenters. The van der Waals surface area contributed by atoms with Gasteiger partial charge < -0.3 is 9.13 Å². The van der Waals surface area contributed by atoms with Crippen LogP contribution in [-0.2, 0) is 36.4 Å². The first-order chi connectivity index (χ1) is 31.5. The Morgan fingerprint density at radius 3 is 1.73 bits per heavy atom. The van der Waals surface area contributed by atoms with Crippen LogP contribution >= 0.6 is 0 Å². The molecule has 0 aliphatic heterocycles. The van der Waals surface area contributed by atoms with Crippen molar-refractivity contribution in [3.63, 3.8) is 0 Å². The summed E-state index contributed by atoms with van der Waals surface area (Å²) < 4.78 is 4.51. The molecule has 6 nitrogen and oxygen atoms in total. The van der Waals surface area contributed by atoms with E-state index in [-0.39, 0.29) is 36.4 Å². The number of benzene rings is 6. The molecule has 6 aromatic carbocycles. The van der Waals surface area contributed by atoms with Crippen LogP contribution in [0.1, 0.15) is 132 Å². The molecule has 0 fully saturated rings. The third-order valence-electron chi connectivity index (χ3n) is 13.2. The van der Waals surface area contributed by atoms with E-state index >= 15 is 0 Å². The number of aromatic nitrogens is 6. The average Bonchev–Trinajstić information content (AvgIpc) is 3.94. The van der Waals surface area contributed by atoms with Crippen molar-refractivity contribution in [2.45, 2.75) is 132 Å². The molecule has 2 aromatic heterocycles. The molecule has 0 bridgehead atoms. The van der Waals surface area contributed by atoms with Gasteiger partial charge in [-0.15, -0.1) is 81.0 Å². The Labute approximate surface area is 414 Å². The molecule has 0 amide bonds. The summed E-state index contributed by atoms with van der Waals surface area (Å²) in [5.41, 5.74) is 15.1. The first-order valence-electron chi connectivity index (χ1n) is 23.7. The van der Waals surface area contributed by atoms with Gasteiger partial charge in [-0.2, -0.15) is 10.2 Å². The van der Waals surface area contributed by atoms with Crippen molar-refractivity contribution in [2.75, 3.05) is 0 Å². The van der Waals surface area contributed by atoms with Gasteiger partial charge in [-0.3, -0.25) is 0 Å². The maximum atomic E-state index is 4.80. The predicted octanol–water partition coefficient (Wildman–Crippen LogP) is 14.2. The molecule has 0 saturated carbocycles. The Balaban J connectivity index is 0.000000244. The van der Waals surface area contributed by atoms with Crippen LogP contribution in [0.2, 0.25) is 0 Å². The molecule has 67 heavy (non-hydrogen) atoms. The van der Waals surface area contributed by atoms with Gasteiger partial charge in [0.25, 0.3) is 0 Å². The summed E-state index contributed by atoms with van der Waals surface area (Å²) in [6.07, 6.45) is 4.29. The van der Waals surface area contributed by atoms with Gasteiger partial charge in [0.05, 0.1) is 11.6 Å². The molecule has 0 N–H and O–H groups in total. The van der Waals surface area contributed by atoms with E-state index in [1.165, 1.54) is 50.1 Å². The van der Waals surface area contributed by atoms with Gasteiger partial charge in [0, 0.05) is 27.6 Å². The van der Waals surface area contributed by atoms with Gasteiger partial charge in [0.15, 0.2) is 0 Å². The quantitative estimate of drug-likeness (QED) is 0.0853. The molecular formula is C60H68IrN6+. The van der Waals surface area contributed by atoms with Crippen molar-refractivity contribution in [1.29, 1.82) is 0 Å². The van der Waals surface area contributed by atoms with Gasteiger partial charge in [0.1, 0.15) is 11.6 Å². The van der Waals surface area contributed by atoms with Crippen LogP contribution in [0.25, 0.3) is 45.3 Å². The average molecular weight is 1070 g/mol. The van der Waals surface area contributed by atoms with Gasteiger partial charge >= 0.3 is 20.1 Å². The van der Waals surface area contributed by atoms with Crippen LogP contribution in [-0.4, -0.2) is 19.9 Å². The van der Waals surface area contributed by atoms with Gasteiger partial charge in [-0.1, -0.05) is 155 Å². The number of nitrogens with zero attached hydrogens (tertiary/aromatic N) is 6. The van der Waals surface area contributed by atoms with Gasteiger partial charge in [-0.05, 0) is 90.8 Å². The molecule has 2 heterocycles. The van der Waals surface area contributed by atoms with E-state index in [2.05, 4.69) is 237 Å². The molecule has 0 saturated heterocycles. The van der Waals surface area contributed by atoms with Crippen LogP contribution in [0.3, 0.4) is 0 Å². The van der Waals surface area contributed by atoms with E-state index < -0.39 is 0 Å². The number of hydrogen-bond donors (Lipinski definition) is 0. The SMILES string of the molecule is CCCC(C)(C)c1n[n-]c(-c2[c-]ccc(C)c2)[n+]1-c1c(C)cc(-c2ccc(C(C)(C)c3ccccc3)cc2)cc1C.CCCC(C)(C)c1nnc(-c2[c-]ccc(C)c2)n1-c1ccccc1C.[Ir+3]. The summed E-state index contributed by atoms with van der Waals surface area (Å²) in [7, 11) is 0. The molecule has 8 aromatic rings. The van der Waals surface area contributed by atoms with Crippen molar-refractivity contribution < 1.29 is 24.7 Å². The van der Waals surface area contributed by atoms with Crippen LogP contribution < -0.4 is 9.67 Å². The monoisotopic (exact) mass is 1070 g/mol. The third-order valence-corrected chi connectivity index (χ3v) is 13.2. The van der Waals surface area contributed by atoms with E-state index in [4.69, 9.17) is 10.2 Å². The summed E-state index contributed by atoms with van der Waals surface area (Å²) in [5, 5.41) is 18.8. The van der Waals surface area contributed by atoms with E-state index in [1.54, 1.807) is 0 Å². The Kier molecular flexibility index (Phi) is 15.9. The fourth-order valence-corrected chi connectivity index (χ4v) is 9.52. The van der Waals surface area contributed by atoms with Crippen LogP contribution in [0, 0.1) is 46.8 Å². The normalized spacial score (nSPS) is 11.8. The van der Waals surface area contributed by atoms with Crippen LogP contribution in [0.5, 0.6) is 0 Å². The third kappa shape index (κ3) is 10.9. The number of aryl methyl sites for hydroxylation is 5. The van der Waals surface area contributed by atoms with Crippen molar-refractivity contribution in [3.05, 3.63) is 190 Å². The fraction of sp³-hybridized carbons (Fsp3) is 0.333. The zero-order valence-corrected chi connectivity index (χ0v) is 44.4. The molecule has 8 rings (SSSR count). The second-order valence-corrected chi connectivity index (χ2v) is 20.0. The van der Waals surface area contributed by atoms with Gasteiger partial charge in [0.2, 0.25) is 0 Å². The van der Waals surface area contributed by atoms with E-state index in [9.17, 15) is 0 Å². The molecule has 0 aliphatic rings. The molecule has 0 spiro atoms. The Morgan fingerprint density at radius 2 is 1.13 bits per heavy atom. The van der Waals surface area contributed by atoms with Crippen LogP contribution in [0.15, 0.2) is 127 Å². The molecule has 0 unspecified atom stereocenters. The molecule has 346 valence electrons. The zero-order valence-electron chi connectivity index (χ0n) is 42.0. The number of rotatable bonds is 13. The maximum Gasteiger partial charge on any atom is 3.00 e. The smallest absolute Gasteiger partial charge is 0.319 e. The van der Waals surface area contributed by atoms with E-state index in [0.717, 1.165) is 71.5 Å². The maximum absolute atomic E-state index is 4.80. The molecular weight excluding hydrogens is 997 g/mol. The number of hydrogen-bond acceptors (Lipinski definition) is 3. The van der Waals surface area contributed by atoms with Crippen molar-refractivity contribution in [3.8, 4) is 45.3 Å². The summed E-state index contributed by atoms with van der Waals surface area (Å²) in [6.45, 7) is 28.8. The first-order valence-corrected chi connectivity index (χ1v) is 23.7. The minimum Gasteiger partial charge on any atom is -0.319 e. The summed E-state index contributed by atoms with van der Waals surface area (Å²) in [4.78, 5) is 0. The molecule has 0 aliphatic carbocycles. The molecule has 7 heteroatoms. The minimum absolute atomic E-state index is 0. The van der Waals surface area contributed by atoms with Crippen molar-refractivity contribution in [2.24, 2.45) is 0 Å². The second kappa shape index (κ2) is 21.0. The Bertz CT molecular complexity index is 2890. The minimum atomic E-state index is -0.122. The number of para-hydroxylation sites is 1. The predicted molar refractivity (Wildman–Crippen MR) is 273 cm³/mol. The largest absolute Gasteiger partial charge is 3.00 e. The summed E-state index contributed by atoms with van der Waals surface area (Å²) in [5.74, 6) is 3.71. The van der Waals surface area contributed by atoms with Gasteiger partial charge in [-0.25, -0.2) is 0 Å². The Hall–Kier alpha value is -5.75. The second-order valence-electron chi connectivity index (χ2n) is 20.0. The Morgan fingerprint density at radius 1 is 0.582 bits per heavy atom. The summed E-state index contributed by atoms with van der Waals surface area (Å²) >= 11 is 0. The topological polar surface area (TPSA) is 61.6 Å². The van der Waals surface area contributed by atoms with E-state index in [1.807, 2.05) is 12.1 Å². The standard InChI is InChI=1S/C38H42N3.C22H26N3.Ir/c1-9-22-37(5,6)36-40-39-35(30-15-13-14-26(2)23-30)41(36)34-27(3)24-31(25-28(34)4)29-18-20-33(21-19-29)38(7,8)32-16-11-10-12-17-32;1-6-14-22(4,5)21-24-23-20(18-12-9-10-16(2)15-18)25(21)19-13-8-7-11-17(19)3;/h10-14,16-21,23-25H,9,22H2,1-8H3;7-11,13,15H,6,14H2,1-5H3;/q2*-1;+3. The zero-order chi connectivity index (χ0) is 47.4. The van der Waals surface area contributed by atoms with Crippen LogP contribution in [0.4, 0.5) is 0 Å². The van der Waals surface area contributed by atoms with E-state index in [0.29, 0.717) is 0 Å².